The third kappa shape index (κ3) is 3.73. The predicted molar refractivity (Wildman–Crippen MR) is 103 cm³/mol. The van der Waals surface area contributed by atoms with Crippen molar-refractivity contribution in [1.29, 1.82) is 0 Å². The Labute approximate surface area is 164 Å². The molecule has 0 radical (unpaired) electrons. The van der Waals surface area contributed by atoms with E-state index in [-0.39, 0.29) is 24.5 Å². The van der Waals surface area contributed by atoms with E-state index >= 15 is 0 Å². The predicted octanol–water partition coefficient (Wildman–Crippen LogP) is 1.93. The average Bonchev–Trinajstić information content (AvgIpc) is 3.03. The lowest BCUT2D eigenvalue weighted by molar-refractivity contribution is -0.128. The smallest absolute Gasteiger partial charge is 0.442 e. The van der Waals surface area contributed by atoms with Crippen LogP contribution in [0.25, 0.3) is 0 Å². The second kappa shape index (κ2) is 7.04. The van der Waals surface area contributed by atoms with Crippen molar-refractivity contribution in [3.8, 4) is 0 Å². The minimum atomic E-state index is -0.818. The molecule has 2 aliphatic rings. The van der Waals surface area contributed by atoms with Gasteiger partial charge in [0.15, 0.2) is 0 Å². The van der Waals surface area contributed by atoms with Gasteiger partial charge in [0.25, 0.3) is 0 Å². The molecule has 1 unspecified atom stereocenters. The van der Waals surface area contributed by atoms with E-state index in [1.165, 1.54) is 22.8 Å². The minimum Gasteiger partial charge on any atom is -0.442 e. The van der Waals surface area contributed by atoms with Crippen LogP contribution in [0, 0.1) is 5.82 Å². The van der Waals surface area contributed by atoms with Gasteiger partial charge in [-0.1, -0.05) is 6.07 Å². The summed E-state index contributed by atoms with van der Waals surface area (Å²) in [6, 6.07) is 4.48. The molecule has 0 aliphatic carbocycles. The fraction of sp³-hybridized carbons (Fsp3) is 0.579. The maximum Gasteiger partial charge on any atom is 0.497 e. The van der Waals surface area contributed by atoms with Gasteiger partial charge in [-0.15, -0.1) is 0 Å². The van der Waals surface area contributed by atoms with E-state index in [0.717, 1.165) is 0 Å². The quantitative estimate of drug-likeness (QED) is 0.733. The van der Waals surface area contributed by atoms with Crippen molar-refractivity contribution in [1.82, 2.24) is 4.90 Å². The Hall–Kier alpha value is -2.13. The molecule has 2 fully saturated rings. The van der Waals surface area contributed by atoms with Crippen molar-refractivity contribution < 1.29 is 28.0 Å². The molecule has 152 valence electrons. The number of carbonyl (C=O) groups is 2. The number of hydrogen-bond donors (Lipinski definition) is 0. The number of benzene rings is 1. The summed E-state index contributed by atoms with van der Waals surface area (Å²) in [4.78, 5) is 26.4. The van der Waals surface area contributed by atoms with Crippen LogP contribution in [0.4, 0.5) is 14.9 Å². The summed E-state index contributed by atoms with van der Waals surface area (Å²) in [7, 11) is 0.819. The molecule has 2 heterocycles. The van der Waals surface area contributed by atoms with Gasteiger partial charge >= 0.3 is 13.2 Å². The summed E-state index contributed by atoms with van der Waals surface area (Å²) in [6.07, 6.45) is -1.03. The zero-order chi connectivity index (χ0) is 20.9. The lowest BCUT2D eigenvalue weighted by atomic mass is 9.78. The largest absolute Gasteiger partial charge is 0.497 e. The molecule has 0 aromatic heterocycles. The van der Waals surface area contributed by atoms with E-state index in [9.17, 15) is 14.0 Å². The third-order valence-corrected chi connectivity index (χ3v) is 5.69. The van der Waals surface area contributed by atoms with Gasteiger partial charge in [0.2, 0.25) is 5.91 Å². The summed E-state index contributed by atoms with van der Waals surface area (Å²) in [6.45, 7) is 9.57. The first-order valence-electron chi connectivity index (χ1n) is 9.26. The molecule has 1 atom stereocenters. The first kappa shape index (κ1) is 20.6. The molecule has 0 N–H and O–H groups in total. The van der Waals surface area contributed by atoms with Crippen molar-refractivity contribution in [3.63, 3.8) is 0 Å². The lowest BCUT2D eigenvalue weighted by Gasteiger charge is -2.32. The van der Waals surface area contributed by atoms with E-state index in [4.69, 9.17) is 14.0 Å². The van der Waals surface area contributed by atoms with E-state index in [1.54, 1.807) is 19.2 Å². The van der Waals surface area contributed by atoms with Gasteiger partial charge in [0, 0.05) is 19.4 Å². The van der Waals surface area contributed by atoms with E-state index in [1.807, 2.05) is 27.7 Å². The maximum atomic E-state index is 14.8. The zero-order valence-electron chi connectivity index (χ0n) is 17.1. The highest BCUT2D eigenvalue weighted by atomic mass is 19.1. The molecular weight excluding hydrogens is 366 g/mol. The van der Waals surface area contributed by atoms with Crippen LogP contribution in [-0.4, -0.2) is 61.5 Å². The van der Waals surface area contributed by atoms with Gasteiger partial charge in [-0.05, 0) is 39.8 Å². The van der Waals surface area contributed by atoms with Crippen LogP contribution >= 0.6 is 0 Å². The standard InChI is InChI=1S/C19H26BFN2O5/c1-12(24)22(6)10-14-11-23(17(25)26-14)13-7-8-15(16(21)9-13)20-27-18(2,3)19(4,5)28-20/h7-9,14H,10-11H2,1-6H3. The zero-order valence-corrected chi connectivity index (χ0v) is 17.1. The summed E-state index contributed by atoms with van der Waals surface area (Å²) in [5.74, 6) is -0.639. The lowest BCUT2D eigenvalue weighted by Crippen LogP contribution is -2.41. The number of nitrogens with zero attached hydrogens (tertiary/aromatic N) is 2. The van der Waals surface area contributed by atoms with Crippen LogP contribution in [0.1, 0.15) is 34.6 Å². The van der Waals surface area contributed by atoms with Crippen LogP contribution < -0.4 is 10.4 Å². The highest BCUT2D eigenvalue weighted by Crippen LogP contribution is 2.36. The highest BCUT2D eigenvalue weighted by Gasteiger charge is 2.52. The highest BCUT2D eigenvalue weighted by molar-refractivity contribution is 6.62. The molecule has 9 heteroatoms. The average molecular weight is 392 g/mol. The summed E-state index contributed by atoms with van der Waals surface area (Å²) in [5, 5.41) is 0. The van der Waals surface area contributed by atoms with Crippen molar-refractivity contribution >= 4 is 30.3 Å². The van der Waals surface area contributed by atoms with Gasteiger partial charge in [-0.2, -0.15) is 0 Å². The number of halogens is 1. The molecule has 3 rings (SSSR count). The molecule has 0 spiro atoms. The van der Waals surface area contributed by atoms with Crippen molar-refractivity contribution in [2.75, 3.05) is 25.0 Å². The molecule has 0 saturated carbocycles. The van der Waals surface area contributed by atoms with Crippen LogP contribution in [0.3, 0.4) is 0 Å². The Morgan fingerprint density at radius 2 is 1.89 bits per heavy atom. The van der Waals surface area contributed by atoms with Crippen LogP contribution in [0.5, 0.6) is 0 Å². The number of ether oxygens (including phenoxy) is 1. The number of anilines is 1. The van der Waals surface area contributed by atoms with Gasteiger partial charge < -0.3 is 18.9 Å². The second-order valence-electron chi connectivity index (χ2n) is 8.31. The van der Waals surface area contributed by atoms with Crippen molar-refractivity contribution in [2.45, 2.75) is 51.9 Å². The Morgan fingerprint density at radius 1 is 1.29 bits per heavy atom. The molecule has 1 aromatic carbocycles. The van der Waals surface area contributed by atoms with E-state index in [2.05, 4.69) is 0 Å². The molecule has 2 aliphatic heterocycles. The molecule has 0 bridgehead atoms. The summed E-state index contributed by atoms with van der Waals surface area (Å²) < 4.78 is 31.9. The second-order valence-corrected chi connectivity index (χ2v) is 8.31. The topological polar surface area (TPSA) is 68.3 Å². The summed E-state index contributed by atoms with van der Waals surface area (Å²) in [5.41, 5.74) is -0.479. The Kier molecular flexibility index (Phi) is 5.18. The van der Waals surface area contributed by atoms with Gasteiger partial charge in [-0.3, -0.25) is 9.69 Å². The fourth-order valence-electron chi connectivity index (χ4n) is 3.11. The van der Waals surface area contributed by atoms with Crippen LogP contribution in [0.15, 0.2) is 18.2 Å². The van der Waals surface area contributed by atoms with Crippen molar-refractivity contribution in [3.05, 3.63) is 24.0 Å². The number of hydrogen-bond acceptors (Lipinski definition) is 5. The Bertz CT molecular complexity index is 785. The molecule has 2 saturated heterocycles. The first-order valence-corrected chi connectivity index (χ1v) is 9.26. The van der Waals surface area contributed by atoms with E-state index in [0.29, 0.717) is 5.69 Å². The molecule has 2 amide bonds. The van der Waals surface area contributed by atoms with Gasteiger partial charge in [0.05, 0.1) is 30.0 Å². The maximum absolute atomic E-state index is 14.8. The Morgan fingerprint density at radius 3 is 2.43 bits per heavy atom. The molecular formula is C19H26BFN2O5. The Balaban J connectivity index is 1.74. The summed E-state index contributed by atoms with van der Waals surface area (Å²) >= 11 is 0. The number of carbonyl (C=O) groups excluding carboxylic acids is 2. The number of amides is 2. The molecule has 1 aromatic rings. The SMILES string of the molecule is CC(=O)N(C)CC1CN(c2ccc(B3OC(C)(C)C(C)(C)O3)c(F)c2)C(=O)O1. The van der Waals surface area contributed by atoms with Gasteiger partial charge in [0.1, 0.15) is 11.9 Å². The number of rotatable bonds is 4. The van der Waals surface area contributed by atoms with E-state index < -0.39 is 36.3 Å². The third-order valence-electron chi connectivity index (χ3n) is 5.69. The first-order chi connectivity index (χ1) is 12.9. The monoisotopic (exact) mass is 392 g/mol. The molecule has 28 heavy (non-hydrogen) atoms. The molecule has 7 nitrogen and oxygen atoms in total. The van der Waals surface area contributed by atoms with Crippen LogP contribution in [0.2, 0.25) is 0 Å². The normalized spacial score (nSPS) is 23.1. The number of likely N-dealkylation sites (N-methyl/N-ethyl adjacent to an activating group) is 1. The fourth-order valence-corrected chi connectivity index (χ4v) is 3.11. The minimum absolute atomic E-state index is 0.118. The van der Waals surface area contributed by atoms with Crippen molar-refractivity contribution in [2.24, 2.45) is 0 Å². The number of cyclic esters (lactones) is 1. The van der Waals surface area contributed by atoms with Crippen LogP contribution in [-0.2, 0) is 18.8 Å². The van der Waals surface area contributed by atoms with Gasteiger partial charge in [-0.25, -0.2) is 9.18 Å².